The molecule has 0 aliphatic carbocycles. The fourth-order valence-corrected chi connectivity index (χ4v) is 0.889. The van der Waals surface area contributed by atoms with Gasteiger partial charge in [-0.05, 0) is 6.92 Å². The molecular weight excluding hydrogens is 190 g/mol. The Hall–Kier alpha value is -1.46. The molecule has 6 nitrogen and oxygen atoms in total. The first-order valence-electron chi connectivity index (χ1n) is 4.31. The Morgan fingerprint density at radius 1 is 1.36 bits per heavy atom. The number of ether oxygens (including phenoxy) is 3. The monoisotopic (exact) mass is 203 g/mol. The molecule has 2 aliphatic rings. The Morgan fingerprint density at radius 2 is 2.07 bits per heavy atom. The Morgan fingerprint density at radius 3 is 2.21 bits per heavy atom. The van der Waals surface area contributed by atoms with E-state index in [1.807, 2.05) is 0 Å². The maximum Gasteiger partial charge on any atom is 0.508 e. The lowest BCUT2D eigenvalue weighted by molar-refractivity contribution is 0.121. The Balaban J connectivity index is 0.000000140. The van der Waals surface area contributed by atoms with Crippen LogP contribution in [0.5, 0.6) is 0 Å². The Kier molecular flexibility index (Phi) is 3.55. The standard InChI is InChI=1S/C4H7NO2.C4H6O3/c1-5-2-3-7-4(5)6;1-3-2-6-4(5)7-3/h2-3H2,1H3;3H,2H2,1H3. The highest BCUT2D eigenvalue weighted by Gasteiger charge is 2.19. The lowest BCUT2D eigenvalue weighted by Crippen LogP contribution is -2.17. The average molecular weight is 203 g/mol. The van der Waals surface area contributed by atoms with E-state index >= 15 is 0 Å². The third kappa shape index (κ3) is 3.12. The summed E-state index contributed by atoms with van der Waals surface area (Å²) in [5.74, 6) is 0. The molecule has 2 rings (SSSR count). The van der Waals surface area contributed by atoms with E-state index in [0.717, 1.165) is 6.54 Å². The van der Waals surface area contributed by atoms with Gasteiger partial charge in [-0.15, -0.1) is 0 Å². The van der Waals surface area contributed by atoms with E-state index in [1.165, 1.54) is 0 Å². The summed E-state index contributed by atoms with van der Waals surface area (Å²) in [7, 11) is 1.72. The number of carbonyl (C=O) groups excluding carboxylic acids is 2. The minimum Gasteiger partial charge on any atom is -0.448 e. The van der Waals surface area contributed by atoms with Gasteiger partial charge in [0.15, 0.2) is 0 Å². The van der Waals surface area contributed by atoms with E-state index in [2.05, 4.69) is 14.2 Å². The van der Waals surface area contributed by atoms with Gasteiger partial charge in [0.05, 0.1) is 6.54 Å². The zero-order valence-electron chi connectivity index (χ0n) is 8.19. The molecule has 14 heavy (non-hydrogen) atoms. The first-order valence-corrected chi connectivity index (χ1v) is 4.31. The fourth-order valence-electron chi connectivity index (χ4n) is 0.889. The van der Waals surface area contributed by atoms with Crippen molar-refractivity contribution in [3.05, 3.63) is 0 Å². The molecule has 2 saturated heterocycles. The van der Waals surface area contributed by atoms with Crippen LogP contribution in [0.3, 0.4) is 0 Å². The van der Waals surface area contributed by atoms with Crippen LogP contribution in [0, 0.1) is 0 Å². The van der Waals surface area contributed by atoms with Crippen molar-refractivity contribution in [2.24, 2.45) is 0 Å². The molecule has 0 bridgehead atoms. The molecule has 0 aromatic carbocycles. The van der Waals surface area contributed by atoms with E-state index in [0.29, 0.717) is 13.2 Å². The van der Waals surface area contributed by atoms with Crippen molar-refractivity contribution >= 4 is 12.2 Å². The van der Waals surface area contributed by atoms with Gasteiger partial charge in [0.25, 0.3) is 0 Å². The van der Waals surface area contributed by atoms with Gasteiger partial charge < -0.3 is 19.1 Å². The molecule has 2 heterocycles. The Bertz CT molecular complexity index is 230. The van der Waals surface area contributed by atoms with Crippen LogP contribution in [0.25, 0.3) is 0 Å². The summed E-state index contributed by atoms with van der Waals surface area (Å²) in [6.45, 7) is 3.47. The van der Waals surface area contributed by atoms with Crippen LogP contribution < -0.4 is 0 Å². The molecule has 0 aromatic heterocycles. The van der Waals surface area contributed by atoms with Crippen LogP contribution in [-0.4, -0.2) is 50.1 Å². The highest BCUT2D eigenvalue weighted by atomic mass is 16.8. The van der Waals surface area contributed by atoms with Crippen molar-refractivity contribution in [2.75, 3.05) is 26.8 Å². The van der Waals surface area contributed by atoms with Crippen molar-refractivity contribution in [2.45, 2.75) is 13.0 Å². The van der Waals surface area contributed by atoms with Crippen molar-refractivity contribution in [1.29, 1.82) is 0 Å². The summed E-state index contributed by atoms with van der Waals surface area (Å²) in [5, 5.41) is 0. The van der Waals surface area contributed by atoms with Crippen molar-refractivity contribution in [3.8, 4) is 0 Å². The maximum atomic E-state index is 10.3. The first kappa shape index (κ1) is 10.6. The number of likely N-dealkylation sites (N-methyl/N-ethyl adjacent to an activating group) is 1. The SMILES string of the molecule is CC1COC(=O)O1.CN1CCOC1=O. The molecule has 1 amide bonds. The van der Waals surface area contributed by atoms with Crippen LogP contribution in [0.2, 0.25) is 0 Å². The van der Waals surface area contributed by atoms with Crippen LogP contribution in [0.15, 0.2) is 0 Å². The fraction of sp³-hybridized carbons (Fsp3) is 0.750. The van der Waals surface area contributed by atoms with Gasteiger partial charge in [-0.1, -0.05) is 0 Å². The summed E-state index contributed by atoms with van der Waals surface area (Å²) < 4.78 is 13.5. The highest BCUT2D eigenvalue weighted by molar-refractivity contribution is 5.68. The number of nitrogens with zero attached hydrogens (tertiary/aromatic N) is 1. The molecule has 0 aromatic rings. The Labute approximate surface area is 81.7 Å². The summed E-state index contributed by atoms with van der Waals surface area (Å²) >= 11 is 0. The third-order valence-corrected chi connectivity index (χ3v) is 1.70. The van der Waals surface area contributed by atoms with E-state index in [4.69, 9.17) is 0 Å². The lowest BCUT2D eigenvalue weighted by atomic mass is 10.5. The minimum atomic E-state index is -0.549. The first-order chi connectivity index (χ1) is 6.59. The van der Waals surface area contributed by atoms with E-state index in [9.17, 15) is 9.59 Å². The molecule has 1 unspecified atom stereocenters. The van der Waals surface area contributed by atoms with E-state index < -0.39 is 6.16 Å². The second kappa shape index (κ2) is 4.69. The number of hydrogen-bond acceptors (Lipinski definition) is 5. The summed E-state index contributed by atoms with van der Waals surface area (Å²) in [4.78, 5) is 21.8. The van der Waals surface area contributed by atoms with Crippen LogP contribution in [0.4, 0.5) is 9.59 Å². The van der Waals surface area contributed by atoms with Crippen LogP contribution >= 0.6 is 0 Å². The molecule has 2 aliphatic heterocycles. The second-order valence-electron chi connectivity index (χ2n) is 3.03. The summed E-state index contributed by atoms with van der Waals surface area (Å²) in [6, 6.07) is 0. The molecule has 0 spiro atoms. The van der Waals surface area contributed by atoms with Crippen molar-refractivity contribution < 1.29 is 23.8 Å². The number of rotatable bonds is 0. The number of hydrogen-bond donors (Lipinski definition) is 0. The maximum absolute atomic E-state index is 10.3. The van der Waals surface area contributed by atoms with Gasteiger partial charge in [0.2, 0.25) is 0 Å². The average Bonchev–Trinajstić information content (AvgIpc) is 2.65. The smallest absolute Gasteiger partial charge is 0.448 e. The van der Waals surface area contributed by atoms with Gasteiger partial charge in [0, 0.05) is 7.05 Å². The zero-order chi connectivity index (χ0) is 10.6. The minimum absolute atomic E-state index is 0.0486. The third-order valence-electron chi connectivity index (χ3n) is 1.70. The van der Waals surface area contributed by atoms with Crippen molar-refractivity contribution in [1.82, 2.24) is 4.90 Å². The molecule has 6 heteroatoms. The van der Waals surface area contributed by atoms with Gasteiger partial charge in [-0.3, -0.25) is 0 Å². The van der Waals surface area contributed by atoms with Crippen LogP contribution in [-0.2, 0) is 14.2 Å². The van der Waals surface area contributed by atoms with Gasteiger partial charge in [0.1, 0.15) is 19.3 Å². The van der Waals surface area contributed by atoms with E-state index in [-0.39, 0.29) is 12.2 Å². The predicted molar refractivity (Wildman–Crippen MR) is 45.9 cm³/mol. The van der Waals surface area contributed by atoms with Gasteiger partial charge >= 0.3 is 12.2 Å². The lowest BCUT2D eigenvalue weighted by Gasteiger charge is -1.98. The number of cyclic esters (lactones) is 3. The quantitative estimate of drug-likeness (QED) is 0.540. The molecule has 1 atom stereocenters. The number of amides is 1. The zero-order valence-corrected chi connectivity index (χ0v) is 8.19. The van der Waals surface area contributed by atoms with Gasteiger partial charge in [-0.25, -0.2) is 9.59 Å². The molecular formula is C8H13NO5. The van der Waals surface area contributed by atoms with E-state index in [1.54, 1.807) is 18.9 Å². The number of carbonyl (C=O) groups is 2. The van der Waals surface area contributed by atoms with Gasteiger partial charge in [-0.2, -0.15) is 0 Å². The second-order valence-corrected chi connectivity index (χ2v) is 3.03. The summed E-state index contributed by atoms with van der Waals surface area (Å²) in [6.07, 6.45) is -0.806. The molecule has 0 radical (unpaired) electrons. The molecule has 0 saturated carbocycles. The highest BCUT2D eigenvalue weighted by Crippen LogP contribution is 2.02. The topological polar surface area (TPSA) is 65.1 Å². The summed E-state index contributed by atoms with van der Waals surface area (Å²) in [5.41, 5.74) is 0. The molecule has 80 valence electrons. The predicted octanol–water partition coefficient (Wildman–Crippen LogP) is 0.610. The molecule has 0 N–H and O–H groups in total. The molecule has 2 fully saturated rings. The van der Waals surface area contributed by atoms with Crippen molar-refractivity contribution in [3.63, 3.8) is 0 Å². The normalized spacial score (nSPS) is 24.7. The van der Waals surface area contributed by atoms with Crippen LogP contribution in [0.1, 0.15) is 6.92 Å². The largest absolute Gasteiger partial charge is 0.508 e.